The van der Waals surface area contributed by atoms with Crippen LogP contribution in [0.15, 0.2) is 48.5 Å². The third-order valence-electron chi connectivity index (χ3n) is 3.44. The molecule has 0 saturated carbocycles. The van der Waals surface area contributed by atoms with Gasteiger partial charge in [0.25, 0.3) is 0 Å². The summed E-state index contributed by atoms with van der Waals surface area (Å²) in [5, 5.41) is 3.74. The fraction of sp³-hybridized carbons (Fsp3) is 0.222. The molecule has 0 bridgehead atoms. The second kappa shape index (κ2) is 8.71. The number of amides is 2. The summed E-state index contributed by atoms with van der Waals surface area (Å²) in [6, 6.07) is 14.4. The molecule has 2 aromatic rings. The minimum Gasteiger partial charge on any atom is -0.354 e. The Labute approximate surface area is 151 Å². The van der Waals surface area contributed by atoms with Crippen molar-refractivity contribution in [1.82, 2.24) is 5.32 Å². The number of rotatable bonds is 6. The molecule has 0 aliphatic heterocycles. The molecule has 4 nitrogen and oxygen atoms in total. The van der Waals surface area contributed by atoms with Gasteiger partial charge >= 0.3 is 0 Å². The van der Waals surface area contributed by atoms with Crippen LogP contribution in [-0.4, -0.2) is 24.9 Å². The zero-order valence-electron chi connectivity index (χ0n) is 13.3. The molecule has 0 saturated heterocycles. The molecule has 0 radical (unpaired) electrons. The second-order valence-corrected chi connectivity index (χ2v) is 6.12. The molecule has 2 rings (SSSR count). The van der Waals surface area contributed by atoms with Crippen LogP contribution in [0.3, 0.4) is 0 Å². The maximum atomic E-state index is 12.0. The van der Waals surface area contributed by atoms with E-state index in [1.165, 1.54) is 11.8 Å². The van der Waals surface area contributed by atoms with Crippen LogP contribution >= 0.6 is 23.2 Å². The number of hydrogen-bond acceptors (Lipinski definition) is 2. The predicted molar refractivity (Wildman–Crippen MR) is 97.6 cm³/mol. The number of hydrogen-bond donors (Lipinski definition) is 1. The van der Waals surface area contributed by atoms with Gasteiger partial charge in [-0.3, -0.25) is 9.59 Å². The van der Waals surface area contributed by atoms with E-state index in [0.29, 0.717) is 35.2 Å². The van der Waals surface area contributed by atoms with Crippen molar-refractivity contribution in [3.63, 3.8) is 0 Å². The molecule has 0 aliphatic rings. The summed E-state index contributed by atoms with van der Waals surface area (Å²) < 4.78 is 0. The molecule has 0 spiro atoms. The van der Waals surface area contributed by atoms with Gasteiger partial charge in [0.2, 0.25) is 11.8 Å². The minimum atomic E-state index is -0.170. The Balaban J connectivity index is 1.93. The van der Waals surface area contributed by atoms with Gasteiger partial charge in [0.1, 0.15) is 0 Å². The average Bonchev–Trinajstić information content (AvgIpc) is 2.55. The lowest BCUT2D eigenvalue weighted by Gasteiger charge is -2.22. The fourth-order valence-corrected chi connectivity index (χ4v) is 2.68. The highest BCUT2D eigenvalue weighted by Crippen LogP contribution is 2.28. The number of anilines is 1. The molecule has 0 heterocycles. The fourth-order valence-electron chi connectivity index (χ4n) is 2.29. The Bertz CT molecular complexity index is 720. The van der Waals surface area contributed by atoms with Crippen molar-refractivity contribution in [2.45, 2.75) is 13.3 Å². The van der Waals surface area contributed by atoms with Crippen LogP contribution in [0, 0.1) is 0 Å². The molecular weight excluding hydrogens is 347 g/mol. The molecule has 6 heteroatoms. The molecule has 126 valence electrons. The summed E-state index contributed by atoms with van der Waals surface area (Å²) in [5.74, 6) is -0.265. The monoisotopic (exact) mass is 364 g/mol. The molecule has 24 heavy (non-hydrogen) atoms. The summed E-state index contributed by atoms with van der Waals surface area (Å²) in [4.78, 5) is 25.3. The van der Waals surface area contributed by atoms with Crippen LogP contribution < -0.4 is 10.2 Å². The van der Waals surface area contributed by atoms with Gasteiger partial charge in [-0.05, 0) is 23.8 Å². The smallest absolute Gasteiger partial charge is 0.224 e. The van der Waals surface area contributed by atoms with Crippen molar-refractivity contribution >= 4 is 40.7 Å². The maximum absolute atomic E-state index is 12.0. The minimum absolute atomic E-state index is 0.0955. The summed E-state index contributed by atoms with van der Waals surface area (Å²) in [5.41, 5.74) is 1.48. The SMILES string of the molecule is CC(=O)N(CCNC(=O)Cc1ccccc1)c1cc(Cl)ccc1Cl. The largest absolute Gasteiger partial charge is 0.354 e. The van der Waals surface area contributed by atoms with Crippen molar-refractivity contribution < 1.29 is 9.59 Å². The van der Waals surface area contributed by atoms with Gasteiger partial charge < -0.3 is 10.2 Å². The first-order valence-corrected chi connectivity index (χ1v) is 8.26. The van der Waals surface area contributed by atoms with E-state index in [-0.39, 0.29) is 11.8 Å². The van der Waals surface area contributed by atoms with Gasteiger partial charge in [0.15, 0.2) is 0 Å². The molecule has 0 aromatic heterocycles. The highest BCUT2D eigenvalue weighted by Gasteiger charge is 2.15. The zero-order valence-corrected chi connectivity index (χ0v) is 14.8. The third-order valence-corrected chi connectivity index (χ3v) is 4.00. The van der Waals surface area contributed by atoms with Gasteiger partial charge in [-0.15, -0.1) is 0 Å². The molecular formula is C18H18Cl2N2O2. The van der Waals surface area contributed by atoms with E-state index in [1.54, 1.807) is 18.2 Å². The van der Waals surface area contributed by atoms with Crippen molar-refractivity contribution in [1.29, 1.82) is 0 Å². The Hall–Kier alpha value is -2.04. The van der Waals surface area contributed by atoms with Gasteiger partial charge in [0.05, 0.1) is 17.1 Å². The number of nitrogens with one attached hydrogen (secondary N) is 1. The number of benzene rings is 2. The number of carbonyl (C=O) groups is 2. The number of halogens is 2. The first-order valence-electron chi connectivity index (χ1n) is 7.51. The Kier molecular flexibility index (Phi) is 6.64. The van der Waals surface area contributed by atoms with E-state index < -0.39 is 0 Å². The Morgan fingerprint density at radius 2 is 1.79 bits per heavy atom. The van der Waals surface area contributed by atoms with Crippen molar-refractivity contribution in [2.24, 2.45) is 0 Å². The first-order chi connectivity index (χ1) is 11.5. The number of carbonyl (C=O) groups excluding carboxylic acids is 2. The lowest BCUT2D eigenvalue weighted by atomic mass is 10.1. The lowest BCUT2D eigenvalue weighted by molar-refractivity contribution is -0.121. The Morgan fingerprint density at radius 1 is 1.08 bits per heavy atom. The van der Waals surface area contributed by atoms with E-state index in [0.717, 1.165) is 5.56 Å². The van der Waals surface area contributed by atoms with E-state index in [1.807, 2.05) is 30.3 Å². The van der Waals surface area contributed by atoms with Crippen LogP contribution in [0.1, 0.15) is 12.5 Å². The van der Waals surface area contributed by atoms with Crippen LogP contribution in [0.25, 0.3) is 0 Å². The molecule has 0 aliphatic carbocycles. The molecule has 2 aromatic carbocycles. The summed E-state index contributed by atoms with van der Waals surface area (Å²) >= 11 is 12.1. The van der Waals surface area contributed by atoms with Crippen LogP contribution in [0.5, 0.6) is 0 Å². The van der Waals surface area contributed by atoms with Crippen LogP contribution in [0.2, 0.25) is 10.0 Å². The normalized spacial score (nSPS) is 10.3. The quantitative estimate of drug-likeness (QED) is 0.849. The standard InChI is InChI=1S/C18H18Cl2N2O2/c1-13(23)22(17-12-15(19)7-8-16(17)20)10-9-21-18(24)11-14-5-3-2-4-6-14/h2-8,12H,9-11H2,1H3,(H,21,24). The van der Waals surface area contributed by atoms with E-state index in [4.69, 9.17) is 23.2 Å². The highest BCUT2D eigenvalue weighted by molar-refractivity contribution is 6.35. The van der Waals surface area contributed by atoms with E-state index >= 15 is 0 Å². The van der Waals surface area contributed by atoms with Gasteiger partial charge in [-0.1, -0.05) is 53.5 Å². The van der Waals surface area contributed by atoms with Gasteiger partial charge in [-0.2, -0.15) is 0 Å². The van der Waals surface area contributed by atoms with Crippen molar-refractivity contribution in [2.75, 3.05) is 18.0 Å². The third kappa shape index (κ3) is 5.25. The molecule has 2 amide bonds. The van der Waals surface area contributed by atoms with Gasteiger partial charge in [-0.25, -0.2) is 0 Å². The second-order valence-electron chi connectivity index (χ2n) is 5.28. The highest BCUT2D eigenvalue weighted by atomic mass is 35.5. The molecule has 0 atom stereocenters. The topological polar surface area (TPSA) is 49.4 Å². The van der Waals surface area contributed by atoms with Crippen LogP contribution in [0.4, 0.5) is 5.69 Å². The van der Waals surface area contributed by atoms with Crippen molar-refractivity contribution in [3.05, 3.63) is 64.1 Å². The Morgan fingerprint density at radius 3 is 2.46 bits per heavy atom. The van der Waals surface area contributed by atoms with Gasteiger partial charge in [0, 0.05) is 25.0 Å². The zero-order chi connectivity index (χ0) is 17.5. The summed E-state index contributed by atoms with van der Waals surface area (Å²) in [6.45, 7) is 2.09. The predicted octanol–water partition coefficient (Wildman–Crippen LogP) is 3.71. The lowest BCUT2D eigenvalue weighted by Crippen LogP contribution is -2.38. The van der Waals surface area contributed by atoms with E-state index in [9.17, 15) is 9.59 Å². The number of nitrogens with zero attached hydrogens (tertiary/aromatic N) is 1. The van der Waals surface area contributed by atoms with E-state index in [2.05, 4.69) is 5.32 Å². The molecule has 1 N–H and O–H groups in total. The van der Waals surface area contributed by atoms with Crippen LogP contribution in [-0.2, 0) is 16.0 Å². The van der Waals surface area contributed by atoms with Crippen molar-refractivity contribution in [3.8, 4) is 0 Å². The summed E-state index contributed by atoms with van der Waals surface area (Å²) in [7, 11) is 0. The average molecular weight is 365 g/mol. The maximum Gasteiger partial charge on any atom is 0.224 e. The summed E-state index contributed by atoms with van der Waals surface area (Å²) in [6.07, 6.45) is 0.304. The molecule has 0 unspecified atom stereocenters. The molecule has 0 fully saturated rings. The first kappa shape index (κ1) is 18.3.